The van der Waals surface area contributed by atoms with E-state index < -0.39 is 34.4 Å². The second-order valence-corrected chi connectivity index (χ2v) is 22.8. The van der Waals surface area contributed by atoms with E-state index in [-0.39, 0.29) is 64.2 Å². The molecule has 1 aliphatic rings. The van der Waals surface area contributed by atoms with Gasteiger partial charge in [0.05, 0.1) is 12.2 Å². The van der Waals surface area contributed by atoms with E-state index >= 15 is 0 Å². The molecule has 2 rings (SSSR count). The average Bonchev–Trinajstić information content (AvgIpc) is 2.76. The number of rotatable bonds is 9. The van der Waals surface area contributed by atoms with Crippen molar-refractivity contribution in [2.45, 2.75) is 143 Å². The second-order valence-electron chi connectivity index (χ2n) is 14.0. The van der Waals surface area contributed by atoms with Crippen molar-refractivity contribution in [3.63, 3.8) is 0 Å². The molecular formula is C29H52N2O7Si2. The molecule has 0 radical (unpaired) electrons. The molecule has 0 N–H and O–H groups in total. The van der Waals surface area contributed by atoms with Crippen LogP contribution in [0.2, 0.25) is 22.2 Å². The second kappa shape index (κ2) is 12.7. The Labute approximate surface area is 243 Å². The predicted molar refractivity (Wildman–Crippen MR) is 161 cm³/mol. The minimum absolute atomic E-state index is 0.0286. The minimum atomic E-state index is -3.06. The molecule has 0 bridgehead atoms. The molecule has 1 atom stereocenters. The first-order valence-electron chi connectivity index (χ1n) is 14.5. The number of hydrogen-bond donors (Lipinski definition) is 0. The van der Waals surface area contributed by atoms with Crippen LogP contribution in [0.4, 0.5) is 0 Å². The zero-order valence-electron chi connectivity index (χ0n) is 27.1. The molecule has 1 saturated heterocycles. The Morgan fingerprint density at radius 3 is 1.85 bits per heavy atom. The lowest BCUT2D eigenvalue weighted by atomic mass is 10.0. The van der Waals surface area contributed by atoms with Crippen LogP contribution in [-0.4, -0.2) is 62.6 Å². The highest BCUT2D eigenvalue weighted by molar-refractivity contribution is 6.84. The Bertz CT molecular complexity index is 1030. The first-order valence-corrected chi connectivity index (χ1v) is 18.4. The van der Waals surface area contributed by atoms with E-state index in [9.17, 15) is 9.59 Å². The van der Waals surface area contributed by atoms with Gasteiger partial charge in [-0.1, -0.05) is 55.4 Å². The van der Waals surface area contributed by atoms with Crippen molar-refractivity contribution in [2.24, 2.45) is 0 Å². The summed E-state index contributed by atoms with van der Waals surface area (Å²) in [5.74, 6) is -0.494. The molecule has 11 heteroatoms. The number of Topliss-reactive ketones (excluding diaryl/α,β-unsaturated/α-hetero) is 2. The van der Waals surface area contributed by atoms with E-state index in [0.717, 1.165) is 0 Å². The molecular weight excluding hydrogens is 544 g/mol. The SMILES string of the molecule is CC(C)[Si]1(C(C)C)OCC(=O)C(CC(=O)c2cnc(OC(C)(C)C)nc2OC(C)(C)C)O[Si](C(C)C)(C(C)C)O1. The first-order chi connectivity index (χ1) is 18.1. The number of nitrogens with zero attached hydrogens (tertiary/aromatic N) is 2. The standard InChI is InChI=1S/C29H52N2O7Si2/c1-18(2)39(19(3)4)34-17-24(33)25(37-40(38-39,20(5)6)21(7)8)15-23(32)22-16-30-27(36-29(12,13)14)31-26(22)35-28(9,10)11/h16,18-21,25H,15,17H2,1-14H3. The van der Waals surface area contributed by atoms with E-state index in [4.69, 9.17) is 22.4 Å². The molecule has 0 spiro atoms. The molecule has 228 valence electrons. The van der Waals surface area contributed by atoms with Crippen molar-refractivity contribution in [1.29, 1.82) is 0 Å². The van der Waals surface area contributed by atoms with Crippen LogP contribution in [-0.2, 0) is 17.8 Å². The van der Waals surface area contributed by atoms with Gasteiger partial charge in [-0.05, 0) is 63.7 Å². The smallest absolute Gasteiger partial charge is 0.335 e. The van der Waals surface area contributed by atoms with E-state index in [2.05, 4.69) is 65.4 Å². The molecule has 9 nitrogen and oxygen atoms in total. The van der Waals surface area contributed by atoms with Crippen LogP contribution in [0.15, 0.2) is 6.20 Å². The van der Waals surface area contributed by atoms with Crippen LogP contribution < -0.4 is 9.47 Å². The van der Waals surface area contributed by atoms with Crippen molar-refractivity contribution in [2.75, 3.05) is 6.61 Å². The summed E-state index contributed by atoms with van der Waals surface area (Å²) < 4.78 is 32.3. The van der Waals surface area contributed by atoms with Crippen molar-refractivity contribution in [3.8, 4) is 11.9 Å². The lowest BCUT2D eigenvalue weighted by Crippen LogP contribution is -2.65. The van der Waals surface area contributed by atoms with Crippen molar-refractivity contribution >= 4 is 28.7 Å². The van der Waals surface area contributed by atoms with Gasteiger partial charge in [0.2, 0.25) is 5.88 Å². The van der Waals surface area contributed by atoms with Gasteiger partial charge in [-0.25, -0.2) is 4.98 Å². The van der Waals surface area contributed by atoms with Gasteiger partial charge in [0, 0.05) is 12.6 Å². The molecule has 0 aromatic carbocycles. The molecule has 1 fully saturated rings. The number of ketones is 2. The fourth-order valence-electron chi connectivity index (χ4n) is 4.94. The topological polar surface area (TPSA) is 106 Å². The third kappa shape index (κ3) is 8.21. The first kappa shape index (κ1) is 34.5. The summed E-state index contributed by atoms with van der Waals surface area (Å²) in [7, 11) is -5.90. The lowest BCUT2D eigenvalue weighted by Gasteiger charge is -2.50. The van der Waals surface area contributed by atoms with Crippen LogP contribution in [0, 0.1) is 0 Å². The summed E-state index contributed by atoms with van der Waals surface area (Å²) >= 11 is 0. The lowest BCUT2D eigenvalue weighted by molar-refractivity contribution is -0.131. The Kier molecular flexibility index (Phi) is 11.0. The summed E-state index contributed by atoms with van der Waals surface area (Å²) in [6.07, 6.45) is 0.201. The zero-order valence-corrected chi connectivity index (χ0v) is 29.1. The zero-order chi connectivity index (χ0) is 30.8. The molecule has 1 aromatic rings. The molecule has 1 aliphatic heterocycles. The Balaban J connectivity index is 2.53. The maximum atomic E-state index is 13.8. The number of carbonyl (C=O) groups excluding carboxylic acids is 2. The van der Waals surface area contributed by atoms with Gasteiger partial charge in [0.25, 0.3) is 0 Å². The highest BCUT2D eigenvalue weighted by Crippen LogP contribution is 2.46. The van der Waals surface area contributed by atoms with Crippen LogP contribution in [0.3, 0.4) is 0 Å². The summed E-state index contributed by atoms with van der Waals surface area (Å²) in [5.41, 5.74) is -0.692. The van der Waals surface area contributed by atoms with Crippen LogP contribution in [0.25, 0.3) is 0 Å². The quantitative estimate of drug-likeness (QED) is 0.221. The van der Waals surface area contributed by atoms with Crippen LogP contribution in [0.1, 0.15) is 114 Å². The Morgan fingerprint density at radius 1 is 0.900 bits per heavy atom. The molecule has 2 heterocycles. The third-order valence-electron chi connectivity index (χ3n) is 6.87. The fourth-order valence-corrected chi connectivity index (χ4v) is 16.0. The van der Waals surface area contributed by atoms with E-state index in [1.165, 1.54) is 6.20 Å². The molecule has 0 aliphatic carbocycles. The summed E-state index contributed by atoms with van der Waals surface area (Å²) in [4.78, 5) is 36.1. The normalized spacial score (nSPS) is 20.1. The van der Waals surface area contributed by atoms with E-state index in [1.54, 1.807) is 0 Å². The third-order valence-corrected chi connectivity index (χ3v) is 17.1. The maximum Gasteiger partial charge on any atom is 0.335 e. The number of hydrogen-bond acceptors (Lipinski definition) is 9. The highest BCUT2D eigenvalue weighted by atomic mass is 28.5. The van der Waals surface area contributed by atoms with Gasteiger partial charge in [-0.3, -0.25) is 9.59 Å². The van der Waals surface area contributed by atoms with E-state index in [1.807, 2.05) is 41.5 Å². The summed E-state index contributed by atoms with van der Waals surface area (Å²) in [6, 6.07) is 0.109. The van der Waals surface area contributed by atoms with Crippen molar-refractivity contribution in [3.05, 3.63) is 11.8 Å². The van der Waals surface area contributed by atoms with Gasteiger partial charge in [0.15, 0.2) is 11.6 Å². The number of ether oxygens (including phenoxy) is 2. The van der Waals surface area contributed by atoms with Crippen LogP contribution >= 0.6 is 0 Å². The van der Waals surface area contributed by atoms with Gasteiger partial charge in [-0.2, -0.15) is 4.98 Å². The number of carbonyl (C=O) groups is 2. The van der Waals surface area contributed by atoms with Gasteiger partial charge >= 0.3 is 23.1 Å². The maximum absolute atomic E-state index is 13.8. The molecule has 1 unspecified atom stereocenters. The van der Waals surface area contributed by atoms with Crippen molar-refractivity contribution < 1.29 is 32.0 Å². The average molecular weight is 597 g/mol. The van der Waals surface area contributed by atoms with Gasteiger partial charge in [-0.15, -0.1) is 0 Å². The monoisotopic (exact) mass is 596 g/mol. The highest BCUT2D eigenvalue weighted by Gasteiger charge is 2.59. The van der Waals surface area contributed by atoms with Crippen LogP contribution in [0.5, 0.6) is 11.9 Å². The largest absolute Gasteiger partial charge is 0.471 e. The fraction of sp³-hybridized carbons (Fsp3) is 0.793. The summed E-state index contributed by atoms with van der Waals surface area (Å²) in [6.45, 7) is 27.8. The van der Waals surface area contributed by atoms with Crippen molar-refractivity contribution in [1.82, 2.24) is 9.97 Å². The van der Waals surface area contributed by atoms with Gasteiger partial charge < -0.3 is 22.4 Å². The predicted octanol–water partition coefficient (Wildman–Crippen LogP) is 6.93. The molecule has 0 amide bonds. The minimum Gasteiger partial charge on any atom is -0.471 e. The molecule has 40 heavy (non-hydrogen) atoms. The van der Waals surface area contributed by atoms with E-state index in [0.29, 0.717) is 0 Å². The number of aromatic nitrogens is 2. The Morgan fingerprint density at radius 2 is 1.40 bits per heavy atom. The molecule has 1 aromatic heterocycles. The Hall–Kier alpha value is -1.67. The summed E-state index contributed by atoms with van der Waals surface area (Å²) in [5, 5.41) is 0. The molecule has 0 saturated carbocycles. The van der Waals surface area contributed by atoms with Gasteiger partial charge in [0.1, 0.15) is 17.3 Å².